The van der Waals surface area contributed by atoms with E-state index in [2.05, 4.69) is 31.4 Å². The van der Waals surface area contributed by atoms with Gasteiger partial charge >= 0.3 is 5.97 Å². The first kappa shape index (κ1) is 29.3. The smallest absolute Gasteiger partial charge is 0.343 e. The fourth-order valence-electron chi connectivity index (χ4n) is 4.54. The van der Waals surface area contributed by atoms with Crippen molar-refractivity contribution in [3.05, 3.63) is 106 Å². The molecule has 5 aromatic rings. The van der Waals surface area contributed by atoms with E-state index >= 15 is 0 Å². The van der Waals surface area contributed by atoms with Gasteiger partial charge < -0.3 is 23.9 Å². The lowest BCUT2D eigenvalue weighted by atomic mass is 10.0. The standard InChI is InChI=1S/C32H25BrFN3O6/c1-40-25-15-19(16-26(41-2)30(25)42-3)32(39)43-24-13-12-21(33)14-20(24)17-35-37-31(38)29-27(18-8-5-4-6-9-18)22-10-7-11-23(34)28(22)36-29/h4-17,36H,1-3H3,(H,37,38). The number of aromatic amines is 1. The van der Waals surface area contributed by atoms with Crippen molar-refractivity contribution in [3.63, 3.8) is 0 Å². The highest BCUT2D eigenvalue weighted by molar-refractivity contribution is 9.10. The summed E-state index contributed by atoms with van der Waals surface area (Å²) >= 11 is 3.40. The number of carbonyl (C=O) groups is 2. The molecule has 2 N–H and O–H groups in total. The number of halogens is 2. The largest absolute Gasteiger partial charge is 0.493 e. The number of methoxy groups -OCH3 is 3. The number of esters is 1. The zero-order chi connectivity index (χ0) is 30.5. The Labute approximate surface area is 254 Å². The van der Waals surface area contributed by atoms with E-state index in [4.69, 9.17) is 18.9 Å². The molecule has 1 aromatic heterocycles. The van der Waals surface area contributed by atoms with Gasteiger partial charge in [0.25, 0.3) is 5.91 Å². The monoisotopic (exact) mass is 645 g/mol. The van der Waals surface area contributed by atoms with Crippen LogP contribution < -0.4 is 24.4 Å². The molecule has 0 bridgehead atoms. The Balaban J connectivity index is 1.41. The van der Waals surface area contributed by atoms with Crippen LogP contribution in [0.2, 0.25) is 0 Å². The topological polar surface area (TPSA) is 111 Å². The molecule has 0 spiro atoms. The van der Waals surface area contributed by atoms with Gasteiger partial charge in [0.15, 0.2) is 11.5 Å². The fraction of sp³-hybridized carbons (Fsp3) is 0.0938. The number of benzene rings is 4. The Morgan fingerprint density at radius 1 is 0.884 bits per heavy atom. The first-order valence-corrected chi connectivity index (χ1v) is 13.6. The average Bonchev–Trinajstić information content (AvgIpc) is 3.43. The highest BCUT2D eigenvalue weighted by atomic mass is 79.9. The van der Waals surface area contributed by atoms with Gasteiger partial charge in [-0.1, -0.05) is 58.4 Å². The second-order valence-corrected chi connectivity index (χ2v) is 10.0. The molecule has 0 atom stereocenters. The highest BCUT2D eigenvalue weighted by Gasteiger charge is 2.22. The summed E-state index contributed by atoms with van der Waals surface area (Å²) in [4.78, 5) is 29.3. The maximum absolute atomic E-state index is 14.6. The molecule has 1 amide bonds. The van der Waals surface area contributed by atoms with Gasteiger partial charge in [-0.2, -0.15) is 5.10 Å². The number of aromatic nitrogens is 1. The molecule has 1 heterocycles. The van der Waals surface area contributed by atoms with Gasteiger partial charge in [0.2, 0.25) is 5.75 Å². The van der Waals surface area contributed by atoms with Crippen molar-refractivity contribution in [2.45, 2.75) is 0 Å². The van der Waals surface area contributed by atoms with Gasteiger partial charge in [-0.25, -0.2) is 14.6 Å². The van der Waals surface area contributed by atoms with E-state index in [1.165, 1.54) is 45.7 Å². The Bertz CT molecular complexity index is 1830. The normalized spacial score (nSPS) is 11.0. The number of carbonyl (C=O) groups excluding carboxylic acids is 2. The SMILES string of the molecule is COc1cc(C(=O)Oc2ccc(Br)cc2C=NNC(=O)c2[nH]c3c(F)cccc3c2-c2ccccc2)cc(OC)c1OC. The van der Waals surface area contributed by atoms with Gasteiger partial charge in [-0.3, -0.25) is 4.79 Å². The molecular weight excluding hydrogens is 621 g/mol. The molecule has 0 aliphatic carbocycles. The van der Waals surface area contributed by atoms with E-state index in [1.54, 1.807) is 30.3 Å². The number of nitrogens with one attached hydrogen (secondary N) is 2. The number of hydrogen-bond donors (Lipinski definition) is 2. The molecule has 4 aromatic carbocycles. The summed E-state index contributed by atoms with van der Waals surface area (Å²) in [5.41, 5.74) is 4.68. The second kappa shape index (κ2) is 12.8. The van der Waals surface area contributed by atoms with E-state index in [0.29, 0.717) is 38.2 Å². The molecule has 0 radical (unpaired) electrons. The third kappa shape index (κ3) is 6.07. The van der Waals surface area contributed by atoms with Crippen molar-refractivity contribution in [3.8, 4) is 34.1 Å². The van der Waals surface area contributed by atoms with E-state index in [9.17, 15) is 14.0 Å². The van der Waals surface area contributed by atoms with Gasteiger partial charge in [0, 0.05) is 21.0 Å². The Hall–Kier alpha value is -5.16. The van der Waals surface area contributed by atoms with Crippen molar-refractivity contribution in [2.75, 3.05) is 21.3 Å². The van der Waals surface area contributed by atoms with Crippen molar-refractivity contribution >= 4 is 44.9 Å². The molecule has 0 aliphatic heterocycles. The molecule has 0 unspecified atom stereocenters. The number of rotatable bonds is 9. The highest BCUT2D eigenvalue weighted by Crippen LogP contribution is 2.38. The van der Waals surface area contributed by atoms with Crippen molar-refractivity contribution < 1.29 is 32.9 Å². The van der Waals surface area contributed by atoms with Crippen LogP contribution in [-0.4, -0.2) is 44.4 Å². The molecule has 0 saturated heterocycles. The molecular formula is C32H25BrFN3O6. The molecule has 0 fully saturated rings. The van der Waals surface area contributed by atoms with Crippen LogP contribution in [-0.2, 0) is 0 Å². The summed E-state index contributed by atoms with van der Waals surface area (Å²) in [5.74, 6) is -0.657. The van der Waals surface area contributed by atoms with E-state index in [1.807, 2.05) is 30.3 Å². The minimum Gasteiger partial charge on any atom is -0.493 e. The zero-order valence-corrected chi connectivity index (χ0v) is 24.8. The van der Waals surface area contributed by atoms with Gasteiger partial charge in [0.1, 0.15) is 17.3 Å². The molecule has 43 heavy (non-hydrogen) atoms. The summed E-state index contributed by atoms with van der Waals surface area (Å²) in [5, 5.41) is 4.66. The maximum Gasteiger partial charge on any atom is 0.343 e. The van der Waals surface area contributed by atoms with E-state index in [0.717, 1.165) is 5.56 Å². The van der Waals surface area contributed by atoms with Crippen LogP contribution in [0, 0.1) is 5.82 Å². The lowest BCUT2D eigenvalue weighted by Crippen LogP contribution is -2.19. The third-order valence-corrected chi connectivity index (χ3v) is 7.01. The summed E-state index contributed by atoms with van der Waals surface area (Å²) < 4.78 is 36.9. The van der Waals surface area contributed by atoms with Crippen molar-refractivity contribution in [2.24, 2.45) is 5.10 Å². The fourth-order valence-corrected chi connectivity index (χ4v) is 4.92. The van der Waals surface area contributed by atoms with Gasteiger partial charge in [-0.15, -0.1) is 0 Å². The quantitative estimate of drug-likeness (QED) is 0.0794. The maximum atomic E-state index is 14.6. The minimum absolute atomic E-state index is 0.145. The average molecular weight is 646 g/mol. The van der Waals surface area contributed by atoms with Crippen molar-refractivity contribution in [1.82, 2.24) is 10.4 Å². The van der Waals surface area contributed by atoms with Gasteiger partial charge in [-0.05, 0) is 42.0 Å². The Morgan fingerprint density at radius 3 is 2.28 bits per heavy atom. The number of amides is 1. The van der Waals surface area contributed by atoms with Crippen LogP contribution >= 0.6 is 15.9 Å². The number of ether oxygens (including phenoxy) is 4. The number of H-pyrrole nitrogens is 1. The van der Waals surface area contributed by atoms with Crippen LogP contribution in [0.15, 0.2) is 88.4 Å². The lowest BCUT2D eigenvalue weighted by molar-refractivity contribution is 0.0733. The molecule has 0 saturated carbocycles. The van der Waals surface area contributed by atoms with Crippen LogP contribution in [0.3, 0.4) is 0 Å². The number of hydrazone groups is 1. The number of nitrogens with zero attached hydrogens (tertiary/aromatic N) is 1. The van der Waals surface area contributed by atoms with Crippen molar-refractivity contribution in [1.29, 1.82) is 0 Å². The number of hydrogen-bond acceptors (Lipinski definition) is 7. The zero-order valence-electron chi connectivity index (χ0n) is 23.2. The first-order valence-electron chi connectivity index (χ1n) is 12.8. The molecule has 218 valence electrons. The number of fused-ring (bicyclic) bond motifs is 1. The van der Waals surface area contributed by atoms with E-state index in [-0.39, 0.29) is 22.5 Å². The van der Waals surface area contributed by atoms with Gasteiger partial charge in [0.05, 0.1) is 38.6 Å². The summed E-state index contributed by atoms with van der Waals surface area (Å²) in [6.07, 6.45) is 1.34. The molecule has 0 aliphatic rings. The van der Waals surface area contributed by atoms with Crippen LogP contribution in [0.25, 0.3) is 22.0 Å². The second-order valence-electron chi connectivity index (χ2n) is 9.09. The first-order chi connectivity index (χ1) is 20.8. The predicted octanol–water partition coefficient (Wildman–Crippen LogP) is 6.75. The number of para-hydroxylation sites is 1. The summed E-state index contributed by atoms with van der Waals surface area (Å²) in [6.45, 7) is 0. The van der Waals surface area contributed by atoms with Crippen LogP contribution in [0.1, 0.15) is 26.4 Å². The summed E-state index contributed by atoms with van der Waals surface area (Å²) in [6, 6.07) is 21.7. The lowest BCUT2D eigenvalue weighted by Gasteiger charge is -2.14. The third-order valence-electron chi connectivity index (χ3n) is 6.52. The molecule has 5 rings (SSSR count). The minimum atomic E-state index is -0.687. The Morgan fingerprint density at radius 2 is 1.60 bits per heavy atom. The van der Waals surface area contributed by atoms with Crippen LogP contribution in [0.4, 0.5) is 4.39 Å². The Kier molecular flexibility index (Phi) is 8.72. The van der Waals surface area contributed by atoms with Crippen LogP contribution in [0.5, 0.6) is 23.0 Å². The predicted molar refractivity (Wildman–Crippen MR) is 164 cm³/mol. The molecule has 11 heteroatoms. The summed E-state index contributed by atoms with van der Waals surface area (Å²) in [7, 11) is 4.35. The molecule has 9 nitrogen and oxygen atoms in total. The van der Waals surface area contributed by atoms with E-state index < -0.39 is 17.7 Å².